The molecular weight excluding hydrogens is 312 g/mol. The van der Waals surface area contributed by atoms with Gasteiger partial charge in [-0.3, -0.25) is 14.4 Å². The van der Waals surface area contributed by atoms with E-state index in [0.29, 0.717) is 19.0 Å². The van der Waals surface area contributed by atoms with E-state index in [4.69, 9.17) is 0 Å². The molecule has 3 rings (SSSR count). The molecule has 5 heteroatoms. The molecule has 1 aliphatic rings. The third-order valence-corrected chi connectivity index (χ3v) is 5.37. The predicted molar refractivity (Wildman–Crippen MR) is 99.4 cm³/mol. The van der Waals surface area contributed by atoms with E-state index in [9.17, 15) is 4.79 Å². The highest BCUT2D eigenvalue weighted by atomic mass is 16.1. The molecule has 0 spiro atoms. The van der Waals surface area contributed by atoms with E-state index < -0.39 is 0 Å². The summed E-state index contributed by atoms with van der Waals surface area (Å²) in [4.78, 5) is 14.8. The van der Waals surface area contributed by atoms with Crippen molar-refractivity contribution in [3.05, 3.63) is 52.3 Å². The van der Waals surface area contributed by atoms with E-state index in [-0.39, 0.29) is 5.91 Å². The van der Waals surface area contributed by atoms with Crippen molar-refractivity contribution in [1.29, 1.82) is 0 Å². The van der Waals surface area contributed by atoms with Gasteiger partial charge in [0.15, 0.2) is 0 Å². The van der Waals surface area contributed by atoms with Gasteiger partial charge in [-0.2, -0.15) is 5.10 Å². The second-order valence-corrected chi connectivity index (χ2v) is 7.09. The fraction of sp³-hybridized carbons (Fsp3) is 0.500. The molecule has 0 bridgehead atoms. The summed E-state index contributed by atoms with van der Waals surface area (Å²) in [5, 5.41) is 7.48. The van der Waals surface area contributed by atoms with Gasteiger partial charge in [0, 0.05) is 44.0 Å². The van der Waals surface area contributed by atoms with Crippen LogP contribution in [0, 0.1) is 13.8 Å². The molecule has 1 amide bonds. The fourth-order valence-electron chi connectivity index (χ4n) is 3.58. The number of carbonyl (C=O) groups is 1. The first-order valence-corrected chi connectivity index (χ1v) is 9.02. The highest BCUT2D eigenvalue weighted by molar-refractivity contribution is 5.79. The second-order valence-electron chi connectivity index (χ2n) is 7.09. The first-order chi connectivity index (χ1) is 12.0. The lowest BCUT2D eigenvalue weighted by molar-refractivity contribution is -0.120. The van der Waals surface area contributed by atoms with Crippen LogP contribution in [-0.2, 0) is 31.2 Å². The molecule has 1 aromatic carbocycles. The Kier molecular flexibility index (Phi) is 5.23. The molecule has 0 saturated carbocycles. The molecule has 0 aliphatic carbocycles. The van der Waals surface area contributed by atoms with Crippen LogP contribution in [0.15, 0.2) is 24.3 Å². The van der Waals surface area contributed by atoms with E-state index in [1.807, 2.05) is 25.6 Å². The van der Waals surface area contributed by atoms with Gasteiger partial charge in [-0.05, 0) is 38.3 Å². The molecule has 134 valence electrons. The van der Waals surface area contributed by atoms with E-state index in [0.717, 1.165) is 36.5 Å². The number of aromatic nitrogens is 2. The molecule has 2 heterocycles. The summed E-state index contributed by atoms with van der Waals surface area (Å²) >= 11 is 0. The summed E-state index contributed by atoms with van der Waals surface area (Å²) in [5.41, 5.74) is 5.91. The van der Waals surface area contributed by atoms with Gasteiger partial charge in [0.1, 0.15) is 0 Å². The average Bonchev–Trinajstić information content (AvgIpc) is 2.85. The Morgan fingerprint density at radius 3 is 2.68 bits per heavy atom. The maximum absolute atomic E-state index is 12.3. The monoisotopic (exact) mass is 340 g/mol. The minimum Gasteiger partial charge on any atom is -0.354 e. The molecule has 2 aromatic rings. The Balaban J connectivity index is 1.52. The molecule has 0 saturated heterocycles. The summed E-state index contributed by atoms with van der Waals surface area (Å²) < 4.78 is 1.84. The first-order valence-electron chi connectivity index (χ1n) is 9.02. The lowest BCUT2D eigenvalue weighted by Gasteiger charge is -2.33. The quantitative estimate of drug-likeness (QED) is 0.907. The van der Waals surface area contributed by atoms with Crippen LogP contribution in [0.3, 0.4) is 0 Å². The van der Waals surface area contributed by atoms with Crippen molar-refractivity contribution in [2.75, 3.05) is 13.1 Å². The van der Waals surface area contributed by atoms with Gasteiger partial charge in [-0.1, -0.05) is 24.3 Å². The molecule has 1 N–H and O–H groups in total. The predicted octanol–water partition coefficient (Wildman–Crippen LogP) is 2.14. The first kappa shape index (κ1) is 17.7. The standard InChI is InChI=1S/C20H28N4O/c1-14(24-10-9-17-7-5-6-8-18(17)13-24)12-21-20(25)11-19-15(2)22-23(4)16(19)3/h5-8,14H,9-13H2,1-4H3,(H,21,25). The highest BCUT2D eigenvalue weighted by Gasteiger charge is 2.21. The maximum atomic E-state index is 12.3. The van der Waals surface area contributed by atoms with Gasteiger partial charge >= 0.3 is 0 Å². The summed E-state index contributed by atoms with van der Waals surface area (Å²) in [6.45, 7) is 8.86. The topological polar surface area (TPSA) is 50.2 Å². The van der Waals surface area contributed by atoms with Crippen LogP contribution in [0.4, 0.5) is 0 Å². The largest absolute Gasteiger partial charge is 0.354 e. The Bertz CT molecular complexity index is 765. The number of aryl methyl sites for hydroxylation is 2. The average molecular weight is 340 g/mol. The number of rotatable bonds is 5. The zero-order chi connectivity index (χ0) is 18.0. The summed E-state index contributed by atoms with van der Waals surface area (Å²) in [7, 11) is 1.92. The molecule has 1 atom stereocenters. The van der Waals surface area contributed by atoms with Crippen LogP contribution in [-0.4, -0.2) is 39.7 Å². The van der Waals surface area contributed by atoms with Crippen molar-refractivity contribution in [3.63, 3.8) is 0 Å². The van der Waals surface area contributed by atoms with E-state index in [1.165, 1.54) is 11.1 Å². The maximum Gasteiger partial charge on any atom is 0.224 e. The van der Waals surface area contributed by atoms with Gasteiger partial charge in [0.2, 0.25) is 5.91 Å². The summed E-state index contributed by atoms with van der Waals surface area (Å²) in [6.07, 6.45) is 1.49. The number of fused-ring (bicyclic) bond motifs is 1. The normalized spacial score (nSPS) is 15.7. The SMILES string of the molecule is Cc1nn(C)c(C)c1CC(=O)NCC(C)N1CCc2ccccc2C1. The van der Waals surface area contributed by atoms with E-state index in [1.54, 1.807) is 0 Å². The van der Waals surface area contributed by atoms with E-state index in [2.05, 4.69) is 46.5 Å². The number of nitrogens with one attached hydrogen (secondary N) is 1. The fourth-order valence-corrected chi connectivity index (χ4v) is 3.58. The highest BCUT2D eigenvalue weighted by Crippen LogP contribution is 2.20. The lowest BCUT2D eigenvalue weighted by Crippen LogP contribution is -2.44. The minimum atomic E-state index is 0.0726. The van der Waals surface area contributed by atoms with Gasteiger partial charge in [-0.15, -0.1) is 0 Å². The van der Waals surface area contributed by atoms with Crippen molar-refractivity contribution < 1.29 is 4.79 Å². The Labute approximate surface area is 150 Å². The van der Waals surface area contributed by atoms with E-state index >= 15 is 0 Å². The zero-order valence-corrected chi connectivity index (χ0v) is 15.7. The zero-order valence-electron chi connectivity index (χ0n) is 15.7. The smallest absolute Gasteiger partial charge is 0.224 e. The van der Waals surface area contributed by atoms with Crippen molar-refractivity contribution in [2.45, 2.75) is 46.2 Å². The molecule has 0 radical (unpaired) electrons. The van der Waals surface area contributed by atoms with Gasteiger partial charge < -0.3 is 5.32 Å². The number of hydrogen-bond donors (Lipinski definition) is 1. The van der Waals surface area contributed by atoms with Crippen molar-refractivity contribution in [1.82, 2.24) is 20.0 Å². The molecule has 0 fully saturated rings. The third-order valence-electron chi connectivity index (χ3n) is 5.37. The summed E-state index contributed by atoms with van der Waals surface area (Å²) in [5.74, 6) is 0.0726. The Morgan fingerprint density at radius 1 is 1.28 bits per heavy atom. The number of nitrogens with zero attached hydrogens (tertiary/aromatic N) is 3. The third kappa shape index (κ3) is 3.93. The van der Waals surface area contributed by atoms with Crippen LogP contribution >= 0.6 is 0 Å². The number of carbonyl (C=O) groups excluding carboxylic acids is 1. The van der Waals surface area contributed by atoms with Crippen molar-refractivity contribution in [2.24, 2.45) is 7.05 Å². The number of benzene rings is 1. The second kappa shape index (κ2) is 7.40. The van der Waals surface area contributed by atoms with Crippen LogP contribution < -0.4 is 5.32 Å². The molecular formula is C20H28N4O. The summed E-state index contributed by atoms with van der Waals surface area (Å²) in [6, 6.07) is 8.97. The van der Waals surface area contributed by atoms with Crippen molar-refractivity contribution >= 4 is 5.91 Å². The van der Waals surface area contributed by atoms with Gasteiger partial charge in [0.25, 0.3) is 0 Å². The van der Waals surface area contributed by atoms with Crippen LogP contribution in [0.25, 0.3) is 0 Å². The Hall–Kier alpha value is -2.14. The number of amides is 1. The molecule has 5 nitrogen and oxygen atoms in total. The van der Waals surface area contributed by atoms with Crippen LogP contribution in [0.2, 0.25) is 0 Å². The van der Waals surface area contributed by atoms with Crippen LogP contribution in [0.1, 0.15) is 35.0 Å². The lowest BCUT2D eigenvalue weighted by atomic mass is 9.99. The van der Waals surface area contributed by atoms with Gasteiger partial charge in [0.05, 0.1) is 12.1 Å². The molecule has 1 aromatic heterocycles. The molecule has 25 heavy (non-hydrogen) atoms. The molecule has 1 aliphatic heterocycles. The number of hydrogen-bond acceptors (Lipinski definition) is 3. The van der Waals surface area contributed by atoms with Gasteiger partial charge in [-0.25, -0.2) is 0 Å². The van der Waals surface area contributed by atoms with Crippen LogP contribution in [0.5, 0.6) is 0 Å². The Morgan fingerprint density at radius 2 is 2.00 bits per heavy atom. The minimum absolute atomic E-state index is 0.0726. The van der Waals surface area contributed by atoms with Crippen molar-refractivity contribution in [3.8, 4) is 0 Å². The molecule has 1 unspecified atom stereocenters.